The topological polar surface area (TPSA) is 135 Å². The first-order chi connectivity index (χ1) is 8.63. The molecule has 10 nitrogen and oxygen atoms in total. The Kier molecular flexibility index (Phi) is 3.43. The standard InChI is InChI=1S/C7H7N7O3S/c15-5(16)3-14-2-4(1-8-14)9-6(17)10-7-11-12-13-18-7/h1-2H,3H2,(H,15,16)(H2,9,10,11,13,17). The molecule has 11 heteroatoms. The van der Waals surface area contributed by atoms with Crippen LogP contribution in [0.2, 0.25) is 0 Å². The van der Waals surface area contributed by atoms with Gasteiger partial charge in [0.25, 0.3) is 0 Å². The fourth-order valence-corrected chi connectivity index (χ4v) is 1.46. The molecule has 0 aromatic carbocycles. The van der Waals surface area contributed by atoms with Gasteiger partial charge in [0.15, 0.2) is 0 Å². The van der Waals surface area contributed by atoms with Crippen molar-refractivity contribution >= 4 is 34.4 Å². The Balaban J connectivity index is 1.91. The van der Waals surface area contributed by atoms with Crippen molar-refractivity contribution in [1.29, 1.82) is 0 Å². The van der Waals surface area contributed by atoms with E-state index in [1.165, 1.54) is 17.1 Å². The number of carboxylic acid groups (broad SMARTS) is 1. The van der Waals surface area contributed by atoms with E-state index in [-0.39, 0.29) is 11.7 Å². The van der Waals surface area contributed by atoms with Crippen molar-refractivity contribution in [2.45, 2.75) is 6.54 Å². The second-order valence-corrected chi connectivity index (χ2v) is 3.80. The third kappa shape index (κ3) is 3.21. The molecule has 0 aliphatic rings. The molecular weight excluding hydrogens is 262 g/mol. The summed E-state index contributed by atoms with van der Waals surface area (Å²) in [6.45, 7) is -0.274. The van der Waals surface area contributed by atoms with E-state index in [1.807, 2.05) is 0 Å². The molecule has 0 unspecified atom stereocenters. The molecule has 0 atom stereocenters. The number of hydrogen-bond acceptors (Lipinski definition) is 7. The highest BCUT2D eigenvalue weighted by Crippen LogP contribution is 2.08. The van der Waals surface area contributed by atoms with Gasteiger partial charge in [0.2, 0.25) is 5.13 Å². The van der Waals surface area contributed by atoms with Gasteiger partial charge < -0.3 is 10.4 Å². The third-order valence-electron chi connectivity index (χ3n) is 1.71. The zero-order valence-electron chi connectivity index (χ0n) is 8.77. The van der Waals surface area contributed by atoms with Crippen LogP contribution in [0.5, 0.6) is 0 Å². The van der Waals surface area contributed by atoms with Crippen LogP contribution in [0.4, 0.5) is 15.6 Å². The number of hydrogen-bond donors (Lipinski definition) is 3. The van der Waals surface area contributed by atoms with E-state index in [0.717, 1.165) is 11.5 Å². The second-order valence-electron chi connectivity index (χ2n) is 3.07. The van der Waals surface area contributed by atoms with Crippen LogP contribution in [0.1, 0.15) is 0 Å². The van der Waals surface area contributed by atoms with E-state index in [9.17, 15) is 9.59 Å². The van der Waals surface area contributed by atoms with E-state index in [0.29, 0.717) is 5.69 Å². The molecule has 2 aromatic rings. The monoisotopic (exact) mass is 269 g/mol. The quantitative estimate of drug-likeness (QED) is 0.702. The summed E-state index contributed by atoms with van der Waals surface area (Å²) >= 11 is 0.933. The fraction of sp³-hybridized carbons (Fsp3) is 0.143. The fourth-order valence-electron chi connectivity index (χ4n) is 1.09. The molecule has 2 heterocycles. The Morgan fingerprint density at radius 3 is 2.94 bits per heavy atom. The summed E-state index contributed by atoms with van der Waals surface area (Å²) in [5.41, 5.74) is 0.367. The molecule has 0 fully saturated rings. The Hall–Kier alpha value is -2.56. The van der Waals surface area contributed by atoms with Gasteiger partial charge >= 0.3 is 12.0 Å². The smallest absolute Gasteiger partial charge is 0.325 e. The van der Waals surface area contributed by atoms with Gasteiger partial charge in [0, 0.05) is 17.7 Å². The van der Waals surface area contributed by atoms with Crippen molar-refractivity contribution in [2.75, 3.05) is 10.6 Å². The van der Waals surface area contributed by atoms with Gasteiger partial charge in [0.1, 0.15) is 6.54 Å². The zero-order valence-corrected chi connectivity index (χ0v) is 9.59. The summed E-state index contributed by atoms with van der Waals surface area (Å²) in [7, 11) is 0. The Morgan fingerprint density at radius 1 is 1.44 bits per heavy atom. The van der Waals surface area contributed by atoms with Crippen molar-refractivity contribution in [3.8, 4) is 0 Å². The van der Waals surface area contributed by atoms with Crippen molar-refractivity contribution in [3.05, 3.63) is 12.4 Å². The number of nitrogens with one attached hydrogen (secondary N) is 2. The Morgan fingerprint density at radius 2 is 2.28 bits per heavy atom. The molecule has 2 aromatic heterocycles. The molecule has 18 heavy (non-hydrogen) atoms. The van der Waals surface area contributed by atoms with Crippen LogP contribution in [-0.4, -0.2) is 41.7 Å². The maximum atomic E-state index is 11.4. The van der Waals surface area contributed by atoms with Gasteiger partial charge in [-0.25, -0.2) is 4.79 Å². The van der Waals surface area contributed by atoms with Crippen LogP contribution in [0.15, 0.2) is 12.4 Å². The van der Waals surface area contributed by atoms with Crippen molar-refractivity contribution in [1.82, 2.24) is 24.6 Å². The van der Waals surface area contributed by atoms with Gasteiger partial charge in [-0.2, -0.15) is 5.10 Å². The van der Waals surface area contributed by atoms with Gasteiger partial charge in [-0.1, -0.05) is 9.59 Å². The predicted molar refractivity (Wildman–Crippen MR) is 60.2 cm³/mol. The summed E-state index contributed by atoms with van der Waals surface area (Å²) in [6, 6.07) is -0.538. The number of anilines is 2. The first-order valence-corrected chi connectivity index (χ1v) is 5.38. The predicted octanol–water partition coefficient (Wildman–Crippen LogP) is -0.142. The van der Waals surface area contributed by atoms with E-state index < -0.39 is 12.0 Å². The highest BCUT2D eigenvalue weighted by molar-refractivity contribution is 7.09. The van der Waals surface area contributed by atoms with Crippen LogP contribution in [0.25, 0.3) is 0 Å². The van der Waals surface area contributed by atoms with Crippen LogP contribution < -0.4 is 10.6 Å². The summed E-state index contributed by atoms with van der Waals surface area (Å²) in [4.78, 5) is 21.9. The maximum absolute atomic E-state index is 11.4. The maximum Gasteiger partial charge on any atom is 0.325 e. The average Bonchev–Trinajstić information content (AvgIpc) is 2.89. The number of aliphatic carboxylic acids is 1. The summed E-state index contributed by atoms with van der Waals surface area (Å²) in [5, 5.41) is 24.3. The van der Waals surface area contributed by atoms with Crippen LogP contribution in [-0.2, 0) is 11.3 Å². The summed E-state index contributed by atoms with van der Waals surface area (Å²) in [6.07, 6.45) is 2.73. The molecule has 0 aliphatic carbocycles. The van der Waals surface area contributed by atoms with Crippen molar-refractivity contribution in [2.24, 2.45) is 0 Å². The molecule has 0 radical (unpaired) electrons. The van der Waals surface area contributed by atoms with E-state index in [2.05, 4.69) is 30.5 Å². The highest BCUT2D eigenvalue weighted by atomic mass is 32.1. The molecular formula is C7H7N7O3S. The lowest BCUT2D eigenvalue weighted by Gasteiger charge is -2.00. The van der Waals surface area contributed by atoms with Gasteiger partial charge in [-0.3, -0.25) is 14.8 Å². The number of carbonyl (C=O) groups excluding carboxylic acids is 1. The van der Waals surface area contributed by atoms with Crippen LogP contribution >= 0.6 is 11.5 Å². The molecule has 0 saturated heterocycles. The first kappa shape index (κ1) is 11.9. The SMILES string of the molecule is O=C(O)Cn1cc(NC(=O)Nc2nnns2)cn1. The summed E-state index contributed by atoms with van der Waals surface area (Å²) < 4.78 is 4.66. The molecule has 0 saturated carbocycles. The normalized spacial score (nSPS) is 10.0. The van der Waals surface area contributed by atoms with Crippen LogP contribution in [0, 0.1) is 0 Å². The minimum absolute atomic E-state index is 0.255. The molecule has 2 rings (SSSR count). The lowest BCUT2D eigenvalue weighted by atomic mass is 10.5. The summed E-state index contributed by atoms with van der Waals surface area (Å²) in [5.74, 6) is -1.02. The van der Waals surface area contributed by atoms with E-state index in [1.54, 1.807) is 0 Å². The number of aromatic nitrogens is 5. The third-order valence-corrected chi connectivity index (χ3v) is 2.22. The van der Waals surface area contributed by atoms with Crippen molar-refractivity contribution < 1.29 is 14.7 Å². The van der Waals surface area contributed by atoms with Crippen LogP contribution in [0.3, 0.4) is 0 Å². The van der Waals surface area contributed by atoms with Gasteiger partial charge in [0.05, 0.1) is 11.9 Å². The molecule has 94 valence electrons. The average molecular weight is 269 g/mol. The number of carboxylic acids is 1. The molecule has 0 spiro atoms. The van der Waals surface area contributed by atoms with E-state index >= 15 is 0 Å². The number of amides is 2. The highest BCUT2D eigenvalue weighted by Gasteiger charge is 2.08. The Labute approximate surface area is 104 Å². The lowest BCUT2D eigenvalue weighted by Crippen LogP contribution is -2.19. The number of carbonyl (C=O) groups is 2. The molecule has 2 amide bonds. The largest absolute Gasteiger partial charge is 0.480 e. The minimum Gasteiger partial charge on any atom is -0.480 e. The first-order valence-electron chi connectivity index (χ1n) is 4.61. The molecule has 0 bridgehead atoms. The van der Waals surface area contributed by atoms with Gasteiger partial charge in [-0.05, 0) is 5.21 Å². The minimum atomic E-state index is -1.02. The number of rotatable bonds is 4. The molecule has 0 aliphatic heterocycles. The molecule has 3 N–H and O–H groups in total. The zero-order chi connectivity index (χ0) is 13.0. The van der Waals surface area contributed by atoms with E-state index in [4.69, 9.17) is 5.11 Å². The Bertz CT molecular complexity index is 551. The van der Waals surface area contributed by atoms with Crippen molar-refractivity contribution in [3.63, 3.8) is 0 Å². The lowest BCUT2D eigenvalue weighted by molar-refractivity contribution is -0.137. The number of urea groups is 1. The van der Waals surface area contributed by atoms with Gasteiger partial charge in [-0.15, -0.1) is 0 Å². The second kappa shape index (κ2) is 5.18. The number of nitrogens with zero attached hydrogens (tertiary/aromatic N) is 5.